The van der Waals surface area contributed by atoms with Gasteiger partial charge in [0.15, 0.2) is 11.6 Å². The fourth-order valence-corrected chi connectivity index (χ4v) is 15.5. The molecule has 3 aromatic carbocycles. The van der Waals surface area contributed by atoms with Gasteiger partial charge in [0.1, 0.15) is 59.0 Å². The first-order chi connectivity index (χ1) is 52.9. The lowest BCUT2D eigenvalue weighted by Gasteiger charge is -2.35. The van der Waals surface area contributed by atoms with E-state index in [2.05, 4.69) is 52.5 Å². The van der Waals surface area contributed by atoms with Crippen molar-refractivity contribution in [3.8, 4) is 5.75 Å². The zero-order valence-corrected chi connectivity index (χ0v) is 67.1. The van der Waals surface area contributed by atoms with Crippen molar-refractivity contribution in [2.24, 2.45) is 34.3 Å². The van der Waals surface area contributed by atoms with E-state index in [0.717, 1.165) is 34.2 Å². The number of fused-ring (bicyclic) bond motifs is 4. The van der Waals surface area contributed by atoms with Crippen LogP contribution in [0.3, 0.4) is 0 Å². The Morgan fingerprint density at radius 3 is 1.89 bits per heavy atom. The molecule has 2 bridgehead atoms. The molecule has 2 aliphatic rings. The number of benzene rings is 3. The van der Waals surface area contributed by atoms with Gasteiger partial charge in [-0.15, -0.1) is 0 Å². The number of thioether (sulfide) groups is 2. The molecule has 0 unspecified atom stereocenters. The molecule has 0 radical (unpaired) electrons. The highest BCUT2D eigenvalue weighted by Crippen LogP contribution is 2.36. The van der Waals surface area contributed by atoms with Gasteiger partial charge in [0.25, 0.3) is 0 Å². The van der Waals surface area contributed by atoms with Crippen LogP contribution in [-0.2, 0) is 99.3 Å². The number of phenols is 1. The van der Waals surface area contributed by atoms with Gasteiger partial charge >= 0.3 is 6.18 Å². The number of phenolic OH excluding ortho intramolecular Hbond substituents is 1. The minimum absolute atomic E-state index is 0.00435. The number of aliphatic hydroxyl groups excluding tert-OH is 2. The van der Waals surface area contributed by atoms with Gasteiger partial charge in [0, 0.05) is 78.9 Å². The molecule has 4 heterocycles. The van der Waals surface area contributed by atoms with Gasteiger partial charge < -0.3 is 78.3 Å². The van der Waals surface area contributed by atoms with Crippen molar-refractivity contribution < 1.29 is 90.8 Å². The van der Waals surface area contributed by atoms with E-state index in [1.165, 1.54) is 115 Å². The molecule has 5 aromatic rings. The monoisotopic (exact) mass is 1610 g/mol. The number of nitrogens with two attached hydrogens (primary N) is 1. The number of nitrogens with one attached hydrogen (secondary N) is 9. The number of halogens is 3. The van der Waals surface area contributed by atoms with E-state index >= 15 is 9.59 Å². The molecule has 33 heteroatoms. The number of aromatic amines is 1. The van der Waals surface area contributed by atoms with Crippen LogP contribution in [0, 0.1) is 28.6 Å². The second kappa shape index (κ2) is 39.3. The standard InChI is InChI=1S/C80H105F3N12O16S2/c1-42(2)79(12)36-62(101)57(33-47-23-25-55(99)26-24-47)88-68(103)44(4)87-75(110)78(10,11)94-70(105)58(34-52-37-86-67-56(52)21-15-27-85-67)89-72(107)63(45(5)97)91-71(106)60-22-16-28-95(60)74(109)51(31-48-17-14-20-54(32-48)80(81,82)83)35-61(100)65(77(7,8)9)93-69(104)53(29-43(3)96)40-112-38-49-18-13-19-50(30-49)39-113-41-59(66(84)102)90-73(108)64(46(6)98)92-76(79)111/h13-15,17-21,23-27,30,32,37,42,44-46,51,53,57-60,63-65,97-99H,16,22,28-29,31,33-36,38-41H2,1-12H3,(H2,84,102)(H,85,86)(H,87,110)(H,88,103)(H,89,107)(H,90,108)(H,91,106)(H,92,111)(H,93,104)(H,94,105)/t44-,45+,46-,51+,53-,57-,58-,59+,60-,63-,64-,65+,79-/m0/s1. The molecule has 113 heavy (non-hydrogen) atoms. The number of hydrogen-bond donors (Lipinski definition) is 13. The molecule has 0 saturated carbocycles. The molecule has 2 aromatic heterocycles. The van der Waals surface area contributed by atoms with Crippen LogP contribution in [0.5, 0.6) is 5.75 Å². The summed E-state index contributed by atoms with van der Waals surface area (Å²) in [7, 11) is 0. The molecule has 1 fully saturated rings. The predicted octanol–water partition coefficient (Wildman–Crippen LogP) is 4.88. The largest absolute Gasteiger partial charge is 0.508 e. The van der Waals surface area contributed by atoms with Crippen LogP contribution in [0.4, 0.5) is 13.2 Å². The summed E-state index contributed by atoms with van der Waals surface area (Å²) < 4.78 is 42.9. The first kappa shape index (κ1) is 90.5. The third kappa shape index (κ3) is 25.1. The number of nitrogens with zero attached hydrogens (tertiary/aromatic N) is 2. The lowest BCUT2D eigenvalue weighted by molar-refractivity contribution is -0.144. The number of amides is 10. The number of carbonyl (C=O) groups excluding carboxylic acids is 13. The fraction of sp³-hybridized carbons (Fsp3) is 0.525. The Balaban J connectivity index is 1.24. The van der Waals surface area contributed by atoms with Crippen molar-refractivity contribution in [2.45, 2.75) is 218 Å². The van der Waals surface area contributed by atoms with Crippen molar-refractivity contribution in [1.82, 2.24) is 57.4 Å². The van der Waals surface area contributed by atoms with Gasteiger partial charge in [0.2, 0.25) is 59.1 Å². The Labute approximate surface area is 662 Å². The first-order valence-electron chi connectivity index (χ1n) is 37.4. The lowest BCUT2D eigenvalue weighted by Crippen LogP contribution is -2.63. The van der Waals surface area contributed by atoms with Gasteiger partial charge in [-0.1, -0.05) is 96.1 Å². The summed E-state index contributed by atoms with van der Waals surface area (Å²) in [5.41, 5.74) is 2.92. The molecule has 10 amide bonds. The van der Waals surface area contributed by atoms with Gasteiger partial charge in [-0.3, -0.25) is 57.5 Å². The molecule has 614 valence electrons. The highest BCUT2D eigenvalue weighted by Gasteiger charge is 2.46. The Morgan fingerprint density at radius 2 is 1.28 bits per heavy atom. The van der Waals surface area contributed by atoms with Crippen LogP contribution in [0.2, 0.25) is 0 Å². The van der Waals surface area contributed by atoms with E-state index in [9.17, 15) is 81.2 Å². The van der Waals surface area contributed by atoms with Crippen LogP contribution in [-0.4, -0.2) is 191 Å². The highest BCUT2D eigenvalue weighted by molar-refractivity contribution is 7.98. The number of aromatic nitrogens is 2. The van der Waals surface area contributed by atoms with Crippen LogP contribution < -0.4 is 48.3 Å². The number of H-pyrrole nitrogens is 1. The van der Waals surface area contributed by atoms with Crippen LogP contribution in [0.25, 0.3) is 11.0 Å². The number of carbonyl (C=O) groups is 13. The number of alkyl halides is 3. The van der Waals surface area contributed by atoms with Crippen molar-refractivity contribution in [1.29, 1.82) is 0 Å². The molecule has 0 spiro atoms. The van der Waals surface area contributed by atoms with Gasteiger partial charge in [0.05, 0.1) is 41.2 Å². The molecule has 13 atom stereocenters. The molecule has 1 saturated heterocycles. The summed E-state index contributed by atoms with van der Waals surface area (Å²) in [6.07, 6.45) is -7.39. The number of aromatic hydroxyl groups is 1. The number of pyridine rings is 1. The van der Waals surface area contributed by atoms with Crippen molar-refractivity contribution >= 4 is 111 Å². The number of ketones is 3. The minimum atomic E-state index is -4.81. The minimum Gasteiger partial charge on any atom is -0.508 e. The average Bonchev–Trinajstić information content (AvgIpc) is 1.80. The van der Waals surface area contributed by atoms with Gasteiger partial charge in [-0.2, -0.15) is 36.7 Å². The van der Waals surface area contributed by atoms with E-state index in [4.69, 9.17) is 5.73 Å². The predicted molar refractivity (Wildman–Crippen MR) is 418 cm³/mol. The van der Waals surface area contributed by atoms with E-state index in [1.807, 2.05) is 18.2 Å². The van der Waals surface area contributed by atoms with Crippen molar-refractivity contribution in [2.75, 3.05) is 18.1 Å². The number of Topliss-reactive ketones (excluding diaryl/α,β-unsaturated/α-hetero) is 3. The SMILES string of the molecule is CC(=O)C[C@H]1CSCc2cccc(c2)CSC[C@H](C(N)=O)NC(=O)[C@H]([C@H](C)O)NC(=O)[C@](C)(C(C)C)CC(=O)[C@H](Cc2ccc(O)cc2)NC(=O)[C@H](C)NC(=O)C(C)(C)NC(=O)[C@H](Cc2c[nH]c3ncccc23)NC(=O)[C@H]([C@@H](C)O)NC(=O)[C@@H]2CCCN2C(=O)[C@H](Cc2cccc(C(F)(F)F)c2)CC(=O)[C@H](C(C)(C)C)NC1=O. The van der Waals surface area contributed by atoms with Crippen molar-refractivity contribution in [3.63, 3.8) is 0 Å². The van der Waals surface area contributed by atoms with E-state index in [1.54, 1.807) is 52.8 Å². The molecular weight excluding hydrogens is 1510 g/mol. The lowest BCUT2D eigenvalue weighted by atomic mass is 9.73. The first-order valence-corrected chi connectivity index (χ1v) is 39.7. The Morgan fingerprint density at radius 1 is 0.664 bits per heavy atom. The van der Waals surface area contributed by atoms with Gasteiger partial charge in [-0.05, 0) is 137 Å². The Kier molecular flexibility index (Phi) is 31.5. The van der Waals surface area contributed by atoms with E-state index in [-0.39, 0.29) is 73.0 Å². The smallest absolute Gasteiger partial charge is 0.416 e. The van der Waals surface area contributed by atoms with Crippen LogP contribution >= 0.6 is 23.5 Å². The zero-order valence-electron chi connectivity index (χ0n) is 65.5. The summed E-state index contributed by atoms with van der Waals surface area (Å²) in [6, 6.07) is 8.29. The number of primary amides is 1. The molecule has 2 aliphatic heterocycles. The quantitative estimate of drug-likeness (QED) is 0.0791. The van der Waals surface area contributed by atoms with Crippen LogP contribution in [0.1, 0.15) is 149 Å². The summed E-state index contributed by atoms with van der Waals surface area (Å²) in [5.74, 6) is -13.7. The zero-order chi connectivity index (χ0) is 83.8. The van der Waals surface area contributed by atoms with E-state index in [0.29, 0.717) is 27.9 Å². The fourth-order valence-electron chi connectivity index (χ4n) is 13.4. The Hall–Kier alpha value is -9.73. The third-order valence-corrected chi connectivity index (χ3v) is 22.7. The summed E-state index contributed by atoms with van der Waals surface area (Å²) in [4.78, 5) is 196. The molecule has 14 N–H and O–H groups in total. The maximum atomic E-state index is 15.3. The van der Waals surface area contributed by atoms with Gasteiger partial charge in [-0.25, -0.2) is 4.98 Å². The average molecular weight is 1610 g/mol. The second-order valence-electron chi connectivity index (χ2n) is 31.5. The summed E-state index contributed by atoms with van der Waals surface area (Å²) >= 11 is 2.53. The molecule has 28 nitrogen and oxygen atoms in total. The van der Waals surface area contributed by atoms with Crippen LogP contribution in [0.15, 0.2) is 97.3 Å². The Bertz CT molecular complexity index is 4300. The highest BCUT2D eigenvalue weighted by atomic mass is 32.2. The normalized spacial score (nSPS) is 25.6. The van der Waals surface area contributed by atoms with Crippen molar-refractivity contribution in [3.05, 3.63) is 131 Å². The summed E-state index contributed by atoms with van der Waals surface area (Å²) in [5, 5.41) is 54.0. The molecular formula is C80H105F3N12O16S2. The number of rotatable bonds is 12. The second-order valence-corrected chi connectivity index (χ2v) is 33.6. The maximum absolute atomic E-state index is 15.3. The maximum Gasteiger partial charge on any atom is 0.416 e. The topological polar surface area (TPSA) is 437 Å². The number of hydrogen-bond acceptors (Lipinski definition) is 19. The number of aliphatic hydroxyl groups is 2. The third-order valence-electron chi connectivity index (χ3n) is 20.4. The van der Waals surface area contributed by atoms with E-state index < -0.39 is 196 Å². The molecule has 7 rings (SSSR count). The molecule has 0 aliphatic carbocycles. The summed E-state index contributed by atoms with van der Waals surface area (Å²) in [6.45, 7) is 17.2.